The summed E-state index contributed by atoms with van der Waals surface area (Å²) in [4.78, 5) is 2.36. The number of hydrogen-bond acceptors (Lipinski definition) is 2. The van der Waals surface area contributed by atoms with Crippen molar-refractivity contribution in [2.24, 2.45) is 0 Å². The molecular formula is C64H43NO. The van der Waals surface area contributed by atoms with Crippen LogP contribution in [0.1, 0.15) is 0 Å². The highest BCUT2D eigenvalue weighted by molar-refractivity contribution is 6.13. The lowest BCUT2D eigenvalue weighted by Crippen LogP contribution is -2.09. The van der Waals surface area contributed by atoms with E-state index in [2.05, 4.69) is 254 Å². The number of fused-ring (bicyclic) bond motifs is 4. The average Bonchev–Trinajstić information content (AvgIpc) is 3.84. The summed E-state index contributed by atoms with van der Waals surface area (Å²) >= 11 is 0. The van der Waals surface area contributed by atoms with Crippen LogP contribution in [-0.4, -0.2) is 0 Å². The Labute approximate surface area is 384 Å². The maximum Gasteiger partial charge on any atom is 0.136 e. The molecule has 1 heterocycles. The third-order valence-electron chi connectivity index (χ3n) is 12.9. The van der Waals surface area contributed by atoms with E-state index in [9.17, 15) is 0 Å². The Bertz CT molecular complexity index is 3640. The van der Waals surface area contributed by atoms with Gasteiger partial charge in [-0.15, -0.1) is 0 Å². The SMILES string of the molecule is c1ccc(-c2ccccc2-c2ccccc2-c2ccc(N(c3ccc(-c4ccccc4-c4cc5ccccc5o4)cc3)c3ccc(-c4cc5ccccc5c5ccccc45)cc3)cc2)cc1. The highest BCUT2D eigenvalue weighted by atomic mass is 16.3. The molecule has 0 atom stereocenters. The van der Waals surface area contributed by atoms with Crippen LogP contribution in [0.4, 0.5) is 17.1 Å². The molecule has 1 aromatic heterocycles. The van der Waals surface area contributed by atoms with Gasteiger partial charge in [0.05, 0.1) is 0 Å². The number of nitrogens with zero attached hydrogens (tertiary/aromatic N) is 1. The zero-order valence-corrected chi connectivity index (χ0v) is 36.2. The third kappa shape index (κ3) is 7.12. The normalized spacial score (nSPS) is 11.3. The molecule has 0 spiro atoms. The smallest absolute Gasteiger partial charge is 0.136 e. The fourth-order valence-electron chi connectivity index (χ4n) is 9.73. The molecule has 0 saturated carbocycles. The lowest BCUT2D eigenvalue weighted by Gasteiger charge is -2.26. The molecule has 12 aromatic rings. The van der Waals surface area contributed by atoms with Gasteiger partial charge in [0.2, 0.25) is 0 Å². The van der Waals surface area contributed by atoms with E-state index in [-0.39, 0.29) is 0 Å². The van der Waals surface area contributed by atoms with Gasteiger partial charge in [0.1, 0.15) is 11.3 Å². The van der Waals surface area contributed by atoms with E-state index >= 15 is 0 Å². The first-order chi connectivity index (χ1) is 32.7. The molecule has 0 aliphatic heterocycles. The van der Waals surface area contributed by atoms with Gasteiger partial charge >= 0.3 is 0 Å². The minimum absolute atomic E-state index is 0.863. The Kier molecular flexibility index (Phi) is 9.89. The van der Waals surface area contributed by atoms with Crippen LogP contribution >= 0.6 is 0 Å². The molecule has 0 radical (unpaired) electrons. The Hall–Kier alpha value is -8.72. The summed E-state index contributed by atoms with van der Waals surface area (Å²) in [6.45, 7) is 0. The Morgan fingerprint density at radius 3 is 1.20 bits per heavy atom. The summed E-state index contributed by atoms with van der Waals surface area (Å²) < 4.78 is 6.37. The molecule has 12 rings (SSSR count). The summed E-state index contributed by atoms with van der Waals surface area (Å²) in [6, 6.07) is 93.8. The molecular weight excluding hydrogens is 799 g/mol. The van der Waals surface area contributed by atoms with Crippen molar-refractivity contribution in [3.63, 3.8) is 0 Å². The second-order valence-electron chi connectivity index (χ2n) is 16.8. The second kappa shape index (κ2) is 16.8. The van der Waals surface area contributed by atoms with Crippen molar-refractivity contribution in [3.8, 4) is 67.0 Å². The van der Waals surface area contributed by atoms with Gasteiger partial charge in [-0.25, -0.2) is 0 Å². The van der Waals surface area contributed by atoms with Gasteiger partial charge in [-0.1, -0.05) is 206 Å². The summed E-state index contributed by atoms with van der Waals surface area (Å²) in [7, 11) is 0. The molecule has 11 aromatic carbocycles. The zero-order chi connectivity index (χ0) is 43.8. The minimum atomic E-state index is 0.863. The van der Waals surface area contributed by atoms with E-state index in [0.29, 0.717) is 0 Å². The predicted octanol–water partition coefficient (Wildman–Crippen LogP) is 18.2. The molecule has 0 fully saturated rings. The molecule has 0 aliphatic rings. The van der Waals surface area contributed by atoms with Crippen LogP contribution < -0.4 is 4.90 Å². The van der Waals surface area contributed by atoms with Crippen LogP contribution in [0.5, 0.6) is 0 Å². The van der Waals surface area contributed by atoms with Crippen molar-refractivity contribution in [3.05, 3.63) is 261 Å². The molecule has 66 heavy (non-hydrogen) atoms. The standard InChI is InChI=1S/C64H43NO/c1-2-16-44(17-3-1)53-20-7-10-24-57(53)58-25-11-8-21-54(58)45-30-36-50(37-31-45)65(52-40-34-47(35-41-52)62-42-48-18-4-6-23-56(48)59-26-12-13-27-60(59)62)51-38-32-46(33-39-51)55-22-9-14-28-61(55)64-43-49-19-5-15-29-63(49)66-64/h1-43H. The van der Waals surface area contributed by atoms with E-state index in [4.69, 9.17) is 4.42 Å². The van der Waals surface area contributed by atoms with Crippen molar-refractivity contribution in [1.29, 1.82) is 0 Å². The second-order valence-corrected chi connectivity index (χ2v) is 16.8. The fourth-order valence-corrected chi connectivity index (χ4v) is 9.73. The summed E-state index contributed by atoms with van der Waals surface area (Å²) in [5, 5.41) is 6.13. The van der Waals surface area contributed by atoms with Crippen LogP contribution in [0.2, 0.25) is 0 Å². The maximum atomic E-state index is 6.37. The topological polar surface area (TPSA) is 16.4 Å². The number of rotatable bonds is 9. The summed E-state index contributed by atoms with van der Waals surface area (Å²) in [6.07, 6.45) is 0. The highest BCUT2D eigenvalue weighted by Crippen LogP contribution is 2.43. The van der Waals surface area contributed by atoms with Crippen molar-refractivity contribution < 1.29 is 4.42 Å². The van der Waals surface area contributed by atoms with E-state index < -0.39 is 0 Å². The molecule has 310 valence electrons. The third-order valence-corrected chi connectivity index (χ3v) is 12.9. The molecule has 0 unspecified atom stereocenters. The van der Waals surface area contributed by atoms with Crippen LogP contribution in [0.15, 0.2) is 265 Å². The van der Waals surface area contributed by atoms with Crippen LogP contribution in [-0.2, 0) is 0 Å². The average molecular weight is 842 g/mol. The number of furan rings is 1. The van der Waals surface area contributed by atoms with Gasteiger partial charge in [0, 0.05) is 28.0 Å². The Morgan fingerprint density at radius 2 is 0.636 bits per heavy atom. The first kappa shape index (κ1) is 38.9. The van der Waals surface area contributed by atoms with Crippen molar-refractivity contribution in [1.82, 2.24) is 0 Å². The van der Waals surface area contributed by atoms with Gasteiger partial charge in [-0.3, -0.25) is 0 Å². The lowest BCUT2D eigenvalue weighted by molar-refractivity contribution is 0.632. The minimum Gasteiger partial charge on any atom is -0.456 e. The largest absolute Gasteiger partial charge is 0.456 e. The summed E-state index contributed by atoms with van der Waals surface area (Å²) in [5.41, 5.74) is 17.0. The van der Waals surface area contributed by atoms with E-state index in [1.807, 2.05) is 12.1 Å². The number of hydrogen-bond donors (Lipinski definition) is 0. The summed E-state index contributed by atoms with van der Waals surface area (Å²) in [5.74, 6) is 0.863. The molecule has 2 heteroatoms. The highest BCUT2D eigenvalue weighted by Gasteiger charge is 2.18. The quantitative estimate of drug-likeness (QED) is 0.135. The van der Waals surface area contributed by atoms with Crippen LogP contribution in [0.3, 0.4) is 0 Å². The zero-order valence-electron chi connectivity index (χ0n) is 36.2. The van der Waals surface area contributed by atoms with Gasteiger partial charge in [0.25, 0.3) is 0 Å². The first-order valence-corrected chi connectivity index (χ1v) is 22.6. The number of anilines is 3. The molecule has 0 bridgehead atoms. The van der Waals surface area contributed by atoms with Gasteiger partial charge in [0.15, 0.2) is 0 Å². The van der Waals surface area contributed by atoms with Crippen molar-refractivity contribution in [2.75, 3.05) is 4.90 Å². The van der Waals surface area contributed by atoms with Gasteiger partial charge in [-0.2, -0.15) is 0 Å². The Balaban J connectivity index is 0.946. The fraction of sp³-hybridized carbons (Fsp3) is 0. The molecule has 0 amide bonds. The van der Waals surface area contributed by atoms with Crippen LogP contribution in [0, 0.1) is 0 Å². The molecule has 0 aliphatic carbocycles. The monoisotopic (exact) mass is 841 g/mol. The molecule has 0 N–H and O–H groups in total. The van der Waals surface area contributed by atoms with E-state index in [0.717, 1.165) is 56.0 Å². The maximum absolute atomic E-state index is 6.37. The van der Waals surface area contributed by atoms with E-state index in [1.54, 1.807) is 0 Å². The van der Waals surface area contributed by atoms with Crippen molar-refractivity contribution >= 4 is 49.6 Å². The van der Waals surface area contributed by atoms with Gasteiger partial charge < -0.3 is 9.32 Å². The number of benzene rings is 11. The van der Waals surface area contributed by atoms with E-state index in [1.165, 1.54) is 60.5 Å². The van der Waals surface area contributed by atoms with Gasteiger partial charge in [-0.05, 0) is 132 Å². The Morgan fingerprint density at radius 1 is 0.242 bits per heavy atom. The molecule has 2 nitrogen and oxygen atoms in total. The van der Waals surface area contributed by atoms with Crippen LogP contribution in [0.25, 0.3) is 99.5 Å². The predicted molar refractivity (Wildman–Crippen MR) is 279 cm³/mol. The van der Waals surface area contributed by atoms with Crippen molar-refractivity contribution in [2.45, 2.75) is 0 Å². The first-order valence-electron chi connectivity index (χ1n) is 22.6. The molecule has 0 saturated heterocycles. The lowest BCUT2D eigenvalue weighted by atomic mass is 9.89. The number of para-hydroxylation sites is 1.